The molecule has 7 nitrogen and oxygen atoms in total. The molecule has 0 unspecified atom stereocenters. The summed E-state index contributed by atoms with van der Waals surface area (Å²) in [5.74, 6) is 0.582. The predicted molar refractivity (Wildman–Crippen MR) is 171 cm³/mol. The van der Waals surface area contributed by atoms with E-state index in [-0.39, 0.29) is 24.4 Å². The maximum Gasteiger partial charge on any atom is 0.324 e. The minimum absolute atomic E-state index is 0.00942. The molecule has 0 radical (unpaired) electrons. The zero-order valence-electron chi connectivity index (χ0n) is 26.7. The van der Waals surface area contributed by atoms with Gasteiger partial charge in [0.25, 0.3) is 0 Å². The summed E-state index contributed by atoms with van der Waals surface area (Å²) in [5.41, 5.74) is 6.81. The van der Waals surface area contributed by atoms with Crippen LogP contribution in [0.2, 0.25) is 0 Å². The number of carbonyl (C=O) groups is 1. The first kappa shape index (κ1) is 31.0. The molecule has 0 aliphatic carbocycles. The van der Waals surface area contributed by atoms with E-state index < -0.39 is 11.4 Å². The fourth-order valence-corrected chi connectivity index (χ4v) is 5.89. The molecule has 0 aromatic heterocycles. The van der Waals surface area contributed by atoms with Crippen LogP contribution in [0.15, 0.2) is 72.8 Å². The van der Waals surface area contributed by atoms with Gasteiger partial charge in [0, 0.05) is 45.7 Å². The third kappa shape index (κ3) is 5.89. The molecular weight excluding hydrogens is 568 g/mol. The molecule has 0 atom stereocenters. The molecule has 234 valence electrons. The quantitative estimate of drug-likeness (QED) is 0.201. The Morgan fingerprint density at radius 2 is 1.24 bits per heavy atom. The normalized spacial score (nSPS) is 15.4. The highest BCUT2D eigenvalue weighted by molar-refractivity contribution is 6.09. The Morgan fingerprint density at radius 3 is 1.73 bits per heavy atom. The van der Waals surface area contributed by atoms with Crippen LogP contribution in [-0.4, -0.2) is 22.0 Å². The fourth-order valence-electron chi connectivity index (χ4n) is 5.89. The summed E-state index contributed by atoms with van der Waals surface area (Å²) in [6.45, 7) is 12.6. The van der Waals surface area contributed by atoms with E-state index in [1.54, 1.807) is 31.2 Å². The average molecular weight is 609 g/mol. The van der Waals surface area contributed by atoms with Gasteiger partial charge >= 0.3 is 5.97 Å². The average Bonchev–Trinajstić information content (AvgIpc) is 3.03. The number of benzene rings is 4. The van der Waals surface area contributed by atoms with Gasteiger partial charge in [-0.1, -0.05) is 58.9 Å². The van der Waals surface area contributed by atoms with Gasteiger partial charge in [-0.15, -0.1) is 0 Å². The molecule has 2 aliphatic rings. The van der Waals surface area contributed by atoms with Gasteiger partial charge in [0.15, 0.2) is 5.78 Å². The standard InChI is InChI=1S/C38H40O7/c1-36(2,3)29-11-7-23(8-12-29)33(41)24-9-13-32(14-10-24)44-34-25(19-39)15-30(16-26(34)20-40)37(4,5)31-17-27-21-42-38(6)43-22-28(18-31)35(27)45-38/h7-18,39-40H,19-22H2,1-6H3. The van der Waals surface area contributed by atoms with Gasteiger partial charge < -0.3 is 29.2 Å². The lowest BCUT2D eigenvalue weighted by Crippen LogP contribution is -2.44. The SMILES string of the molecule is CC12OCc3cc(C(C)(C)c4cc(CO)c(Oc5ccc(C(=O)c6ccc(C(C)(C)C)cc6)cc5)c(CO)c4)cc(c3O1)CO2. The van der Waals surface area contributed by atoms with Crippen LogP contribution in [0.5, 0.6) is 17.2 Å². The zero-order chi connectivity index (χ0) is 32.1. The first-order valence-electron chi connectivity index (χ1n) is 15.3. The van der Waals surface area contributed by atoms with Crippen molar-refractivity contribution >= 4 is 5.78 Å². The number of aliphatic hydroxyl groups is 2. The van der Waals surface area contributed by atoms with Crippen LogP contribution in [-0.2, 0) is 46.7 Å². The number of ether oxygens (including phenoxy) is 4. The largest absolute Gasteiger partial charge is 0.457 e. The van der Waals surface area contributed by atoms with E-state index >= 15 is 0 Å². The second-order valence-corrected chi connectivity index (χ2v) is 13.5. The van der Waals surface area contributed by atoms with Crippen LogP contribution in [0.3, 0.4) is 0 Å². The van der Waals surface area contributed by atoms with Gasteiger partial charge in [-0.05, 0) is 70.6 Å². The summed E-state index contributed by atoms with van der Waals surface area (Å²) in [6.07, 6.45) is 0. The number of aliphatic hydroxyl groups excluding tert-OH is 2. The van der Waals surface area contributed by atoms with Crippen molar-refractivity contribution in [2.75, 3.05) is 0 Å². The van der Waals surface area contributed by atoms with E-state index in [4.69, 9.17) is 18.9 Å². The topological polar surface area (TPSA) is 94.5 Å². The van der Waals surface area contributed by atoms with E-state index in [2.05, 4.69) is 46.8 Å². The first-order valence-corrected chi connectivity index (χ1v) is 15.3. The monoisotopic (exact) mass is 608 g/mol. The van der Waals surface area contributed by atoms with Crippen molar-refractivity contribution in [1.82, 2.24) is 0 Å². The van der Waals surface area contributed by atoms with E-state index in [0.29, 0.717) is 47.0 Å². The van der Waals surface area contributed by atoms with E-state index in [0.717, 1.165) is 28.0 Å². The molecule has 45 heavy (non-hydrogen) atoms. The van der Waals surface area contributed by atoms with Crippen LogP contribution >= 0.6 is 0 Å². The summed E-state index contributed by atoms with van der Waals surface area (Å²) in [7, 11) is 0. The zero-order valence-corrected chi connectivity index (χ0v) is 26.7. The molecule has 2 heterocycles. The van der Waals surface area contributed by atoms with Gasteiger partial charge in [-0.3, -0.25) is 4.79 Å². The lowest BCUT2D eigenvalue weighted by molar-refractivity contribution is -0.361. The van der Waals surface area contributed by atoms with Gasteiger partial charge in [0.1, 0.15) is 17.2 Å². The minimum atomic E-state index is -1.05. The molecular formula is C38H40O7. The highest BCUT2D eigenvalue weighted by atomic mass is 16.9. The molecule has 0 saturated heterocycles. The molecule has 6 rings (SSSR count). The number of hydrogen-bond acceptors (Lipinski definition) is 7. The summed E-state index contributed by atoms with van der Waals surface area (Å²) >= 11 is 0. The Balaban J connectivity index is 1.26. The lowest BCUT2D eigenvalue weighted by Gasteiger charge is -2.40. The van der Waals surface area contributed by atoms with Crippen LogP contribution < -0.4 is 9.47 Å². The van der Waals surface area contributed by atoms with Crippen molar-refractivity contribution in [1.29, 1.82) is 0 Å². The number of rotatable bonds is 8. The number of hydrogen-bond donors (Lipinski definition) is 2. The van der Waals surface area contributed by atoms with Gasteiger partial charge in [0.05, 0.1) is 26.4 Å². The third-order valence-electron chi connectivity index (χ3n) is 8.89. The van der Waals surface area contributed by atoms with Crippen LogP contribution in [0.25, 0.3) is 0 Å². The van der Waals surface area contributed by atoms with Crippen molar-refractivity contribution in [2.45, 2.75) is 84.8 Å². The van der Waals surface area contributed by atoms with Crippen molar-refractivity contribution in [3.63, 3.8) is 0 Å². The summed E-state index contributed by atoms with van der Waals surface area (Å²) in [4.78, 5) is 13.1. The van der Waals surface area contributed by atoms with Gasteiger partial charge in [-0.25, -0.2) is 0 Å². The second kappa shape index (κ2) is 11.4. The van der Waals surface area contributed by atoms with Crippen LogP contribution in [0, 0.1) is 0 Å². The van der Waals surface area contributed by atoms with Crippen molar-refractivity contribution in [3.05, 3.63) is 123 Å². The molecule has 0 fully saturated rings. The number of fused-ring (bicyclic) bond motifs is 1. The third-order valence-corrected chi connectivity index (χ3v) is 8.89. The van der Waals surface area contributed by atoms with Crippen LogP contribution in [0.4, 0.5) is 0 Å². The molecule has 4 aromatic carbocycles. The van der Waals surface area contributed by atoms with Gasteiger partial charge in [0.2, 0.25) is 0 Å². The molecule has 2 bridgehead atoms. The Labute approximate surface area is 264 Å². The Bertz CT molecular complexity index is 1690. The second-order valence-electron chi connectivity index (χ2n) is 13.5. The molecule has 0 spiro atoms. The molecule has 4 aromatic rings. The number of ketones is 1. The Kier molecular flexibility index (Phi) is 7.86. The maximum absolute atomic E-state index is 13.1. The van der Waals surface area contributed by atoms with E-state index in [1.165, 1.54) is 5.56 Å². The molecule has 0 amide bonds. The van der Waals surface area contributed by atoms with E-state index in [1.807, 2.05) is 36.4 Å². The maximum atomic E-state index is 13.1. The van der Waals surface area contributed by atoms with Crippen molar-refractivity contribution < 1.29 is 34.0 Å². The molecule has 0 saturated carbocycles. The predicted octanol–water partition coefficient (Wildman–Crippen LogP) is 7.43. The van der Waals surface area contributed by atoms with Gasteiger partial charge in [-0.2, -0.15) is 0 Å². The summed E-state index contributed by atoms with van der Waals surface area (Å²) < 4.78 is 23.8. The number of carbonyl (C=O) groups excluding carboxylic acids is 1. The smallest absolute Gasteiger partial charge is 0.324 e. The fraction of sp³-hybridized carbons (Fsp3) is 0.342. The lowest BCUT2D eigenvalue weighted by atomic mass is 9.75. The van der Waals surface area contributed by atoms with Crippen LogP contribution in [0.1, 0.15) is 96.4 Å². The Morgan fingerprint density at radius 1 is 0.756 bits per heavy atom. The summed E-state index contributed by atoms with van der Waals surface area (Å²) in [6, 6.07) is 22.6. The molecule has 2 aliphatic heterocycles. The minimum Gasteiger partial charge on any atom is -0.457 e. The van der Waals surface area contributed by atoms with E-state index in [9.17, 15) is 15.0 Å². The highest BCUT2D eigenvalue weighted by Gasteiger charge is 2.40. The summed E-state index contributed by atoms with van der Waals surface area (Å²) in [5, 5.41) is 20.8. The van der Waals surface area contributed by atoms with Crippen molar-refractivity contribution in [3.8, 4) is 17.2 Å². The first-order chi connectivity index (χ1) is 21.3. The Hall–Kier alpha value is -4.01. The van der Waals surface area contributed by atoms with Crippen molar-refractivity contribution in [2.24, 2.45) is 0 Å². The molecule has 2 N–H and O–H groups in total. The highest BCUT2D eigenvalue weighted by Crippen LogP contribution is 2.45. The molecule has 7 heteroatoms.